The lowest BCUT2D eigenvalue weighted by atomic mass is 9.96. The molecule has 1 amide bonds. The maximum Gasteiger partial charge on any atom is 0.336 e. The van der Waals surface area contributed by atoms with Gasteiger partial charge in [-0.15, -0.1) is 0 Å². The van der Waals surface area contributed by atoms with Crippen molar-refractivity contribution in [1.82, 2.24) is 0 Å². The molecule has 96 valence electrons. The van der Waals surface area contributed by atoms with E-state index in [4.69, 9.17) is 10.8 Å². The molecule has 1 aliphatic heterocycles. The third-order valence-corrected chi connectivity index (χ3v) is 3.14. The van der Waals surface area contributed by atoms with Gasteiger partial charge in [-0.1, -0.05) is 6.07 Å². The number of anilines is 1. The van der Waals surface area contributed by atoms with E-state index in [2.05, 4.69) is 0 Å². The van der Waals surface area contributed by atoms with E-state index in [0.717, 1.165) is 12.0 Å². The summed E-state index contributed by atoms with van der Waals surface area (Å²) < 4.78 is 0. The highest BCUT2D eigenvalue weighted by Gasteiger charge is 2.27. The van der Waals surface area contributed by atoms with Gasteiger partial charge in [-0.2, -0.15) is 0 Å². The average molecular weight is 248 g/mol. The minimum atomic E-state index is -0.957. The maximum atomic E-state index is 12.0. The third-order valence-electron chi connectivity index (χ3n) is 3.14. The SMILES string of the molecule is C[C@@H](N)C(=O)N1CCCc2c(C(=O)O)cccc21. The summed E-state index contributed by atoms with van der Waals surface area (Å²) in [7, 11) is 0. The van der Waals surface area contributed by atoms with E-state index in [0.29, 0.717) is 18.7 Å². The van der Waals surface area contributed by atoms with Gasteiger partial charge in [0.05, 0.1) is 11.6 Å². The Morgan fingerprint density at radius 1 is 1.44 bits per heavy atom. The first-order chi connectivity index (χ1) is 8.52. The molecule has 0 fully saturated rings. The largest absolute Gasteiger partial charge is 0.478 e. The molecular formula is C13H16N2O3. The van der Waals surface area contributed by atoms with E-state index < -0.39 is 12.0 Å². The van der Waals surface area contributed by atoms with Gasteiger partial charge in [-0.25, -0.2) is 4.79 Å². The molecule has 3 N–H and O–H groups in total. The molecule has 2 rings (SSSR count). The first-order valence-electron chi connectivity index (χ1n) is 5.94. The second-order valence-corrected chi connectivity index (χ2v) is 4.49. The van der Waals surface area contributed by atoms with Crippen molar-refractivity contribution in [3.05, 3.63) is 29.3 Å². The summed E-state index contributed by atoms with van der Waals surface area (Å²) >= 11 is 0. The number of carboxylic acids is 1. The molecular weight excluding hydrogens is 232 g/mol. The third kappa shape index (κ3) is 2.09. The normalized spacial score (nSPS) is 16.0. The predicted octanol–water partition coefficient (Wildman–Crippen LogP) is 1.01. The number of hydrogen-bond acceptors (Lipinski definition) is 3. The smallest absolute Gasteiger partial charge is 0.336 e. The van der Waals surface area contributed by atoms with Crippen molar-refractivity contribution in [1.29, 1.82) is 0 Å². The fourth-order valence-electron chi connectivity index (χ4n) is 2.30. The summed E-state index contributed by atoms with van der Waals surface area (Å²) in [5.74, 6) is -1.12. The summed E-state index contributed by atoms with van der Waals surface area (Å²) in [5, 5.41) is 9.15. The molecule has 1 heterocycles. The quantitative estimate of drug-likeness (QED) is 0.818. The number of benzene rings is 1. The Labute approximate surface area is 105 Å². The number of carbonyl (C=O) groups is 2. The first kappa shape index (κ1) is 12.6. The van der Waals surface area contributed by atoms with Crippen LogP contribution in [0, 0.1) is 0 Å². The molecule has 18 heavy (non-hydrogen) atoms. The van der Waals surface area contributed by atoms with Crippen LogP contribution in [0.3, 0.4) is 0 Å². The number of rotatable bonds is 2. The van der Waals surface area contributed by atoms with Gasteiger partial charge in [0.25, 0.3) is 0 Å². The second-order valence-electron chi connectivity index (χ2n) is 4.49. The Balaban J connectivity index is 2.48. The minimum Gasteiger partial charge on any atom is -0.478 e. The molecule has 1 aromatic rings. The maximum absolute atomic E-state index is 12.0. The Morgan fingerprint density at radius 2 is 2.17 bits per heavy atom. The number of hydrogen-bond donors (Lipinski definition) is 2. The van der Waals surface area contributed by atoms with Crippen molar-refractivity contribution < 1.29 is 14.7 Å². The second kappa shape index (κ2) is 4.78. The van der Waals surface area contributed by atoms with Crippen molar-refractivity contribution >= 4 is 17.6 Å². The molecule has 5 heteroatoms. The highest BCUT2D eigenvalue weighted by Crippen LogP contribution is 2.30. The molecule has 0 unspecified atom stereocenters. The van der Waals surface area contributed by atoms with Gasteiger partial charge < -0.3 is 15.7 Å². The molecule has 5 nitrogen and oxygen atoms in total. The Hall–Kier alpha value is -1.88. The Morgan fingerprint density at radius 3 is 2.78 bits per heavy atom. The van der Waals surface area contributed by atoms with Crippen LogP contribution in [0.5, 0.6) is 0 Å². The zero-order valence-electron chi connectivity index (χ0n) is 10.2. The molecule has 1 atom stereocenters. The molecule has 0 saturated carbocycles. The summed E-state index contributed by atoms with van der Waals surface area (Å²) in [6.45, 7) is 2.23. The first-order valence-corrected chi connectivity index (χ1v) is 5.94. The van der Waals surface area contributed by atoms with E-state index in [1.54, 1.807) is 30.0 Å². The highest BCUT2D eigenvalue weighted by atomic mass is 16.4. The number of nitrogens with zero attached hydrogens (tertiary/aromatic N) is 1. The Kier molecular flexibility index (Phi) is 3.34. The monoisotopic (exact) mass is 248 g/mol. The van der Waals surface area contributed by atoms with E-state index in [-0.39, 0.29) is 11.5 Å². The van der Waals surface area contributed by atoms with Crippen LogP contribution < -0.4 is 10.6 Å². The molecule has 1 aromatic carbocycles. The minimum absolute atomic E-state index is 0.168. The molecule has 0 spiro atoms. The molecule has 0 aromatic heterocycles. The lowest BCUT2D eigenvalue weighted by molar-refractivity contribution is -0.119. The zero-order valence-corrected chi connectivity index (χ0v) is 10.2. The van der Waals surface area contributed by atoms with Crippen LogP contribution in [0.25, 0.3) is 0 Å². The summed E-state index contributed by atoms with van der Waals surface area (Å²) in [6.07, 6.45) is 1.44. The van der Waals surface area contributed by atoms with E-state index in [1.807, 2.05) is 0 Å². The van der Waals surface area contributed by atoms with E-state index >= 15 is 0 Å². The van der Waals surface area contributed by atoms with Crippen LogP contribution in [-0.4, -0.2) is 29.6 Å². The van der Waals surface area contributed by atoms with Crippen molar-refractivity contribution in [3.8, 4) is 0 Å². The van der Waals surface area contributed by atoms with Gasteiger partial charge in [0, 0.05) is 12.2 Å². The van der Waals surface area contributed by atoms with Gasteiger partial charge in [0.2, 0.25) is 5.91 Å². The van der Waals surface area contributed by atoms with Crippen LogP contribution in [0.2, 0.25) is 0 Å². The average Bonchev–Trinajstić information content (AvgIpc) is 2.36. The number of aromatic carboxylic acids is 1. The van der Waals surface area contributed by atoms with Crippen LogP contribution in [0.1, 0.15) is 29.3 Å². The highest BCUT2D eigenvalue weighted by molar-refractivity contribution is 6.00. The van der Waals surface area contributed by atoms with Crippen molar-refractivity contribution in [2.24, 2.45) is 5.73 Å². The van der Waals surface area contributed by atoms with Crippen LogP contribution in [0.4, 0.5) is 5.69 Å². The fourth-order valence-corrected chi connectivity index (χ4v) is 2.30. The van der Waals surface area contributed by atoms with Crippen LogP contribution in [-0.2, 0) is 11.2 Å². The van der Waals surface area contributed by atoms with Crippen LogP contribution >= 0.6 is 0 Å². The molecule has 0 aliphatic carbocycles. The Bertz CT molecular complexity index is 497. The molecule has 0 radical (unpaired) electrons. The van der Waals surface area contributed by atoms with Crippen molar-refractivity contribution in [3.63, 3.8) is 0 Å². The van der Waals surface area contributed by atoms with Gasteiger partial charge in [-0.3, -0.25) is 4.79 Å². The molecule has 1 aliphatic rings. The zero-order chi connectivity index (χ0) is 13.3. The van der Waals surface area contributed by atoms with Crippen LogP contribution in [0.15, 0.2) is 18.2 Å². The number of fused-ring (bicyclic) bond motifs is 1. The number of amides is 1. The topological polar surface area (TPSA) is 83.6 Å². The summed E-state index contributed by atoms with van der Waals surface area (Å²) in [6, 6.07) is 4.43. The lowest BCUT2D eigenvalue weighted by Gasteiger charge is -2.31. The van der Waals surface area contributed by atoms with Gasteiger partial charge >= 0.3 is 5.97 Å². The predicted molar refractivity (Wildman–Crippen MR) is 67.7 cm³/mol. The molecule has 0 bridgehead atoms. The summed E-state index contributed by atoms with van der Waals surface area (Å²) in [4.78, 5) is 24.7. The standard InChI is InChI=1S/C13H16N2O3/c1-8(14)12(16)15-7-3-5-9-10(13(17)18)4-2-6-11(9)15/h2,4,6,8H,3,5,7,14H2,1H3,(H,17,18)/t8-/m1/s1. The fraction of sp³-hybridized carbons (Fsp3) is 0.385. The molecule has 0 saturated heterocycles. The van der Waals surface area contributed by atoms with Crippen molar-refractivity contribution in [2.75, 3.05) is 11.4 Å². The van der Waals surface area contributed by atoms with Gasteiger partial charge in [0.15, 0.2) is 0 Å². The lowest BCUT2D eigenvalue weighted by Crippen LogP contribution is -2.44. The summed E-state index contributed by atoms with van der Waals surface area (Å²) in [5.41, 5.74) is 7.30. The van der Waals surface area contributed by atoms with Gasteiger partial charge in [-0.05, 0) is 37.5 Å². The number of nitrogens with two attached hydrogens (primary N) is 1. The van der Waals surface area contributed by atoms with Gasteiger partial charge in [0.1, 0.15) is 0 Å². The number of carboxylic acid groups (broad SMARTS) is 1. The van der Waals surface area contributed by atoms with E-state index in [1.165, 1.54) is 0 Å². The number of carbonyl (C=O) groups excluding carboxylic acids is 1. The van der Waals surface area contributed by atoms with E-state index in [9.17, 15) is 9.59 Å². The van der Waals surface area contributed by atoms with Crippen molar-refractivity contribution in [2.45, 2.75) is 25.8 Å².